The first-order chi connectivity index (χ1) is 5.24. The fourth-order valence-corrected chi connectivity index (χ4v) is 0.779. The molecule has 0 amide bonds. The Morgan fingerprint density at radius 1 is 1.64 bits per heavy atom. The highest BCUT2D eigenvalue weighted by Crippen LogP contribution is 2.20. The molecule has 0 aliphatic heterocycles. The largest absolute Gasteiger partial charge is 0.465 e. The van der Waals surface area contributed by atoms with Crippen LogP contribution in [0.4, 0.5) is 0 Å². The fourth-order valence-electron chi connectivity index (χ4n) is 0.779. The average Bonchev–Trinajstić information content (AvgIpc) is 2.37. The summed E-state index contributed by atoms with van der Waals surface area (Å²) in [6, 6.07) is 3.40. The lowest BCUT2D eigenvalue weighted by molar-refractivity contribution is 0.155. The van der Waals surface area contributed by atoms with Crippen molar-refractivity contribution in [2.24, 2.45) is 0 Å². The summed E-state index contributed by atoms with van der Waals surface area (Å²) in [5, 5.41) is 9.06. The second-order valence-corrected chi connectivity index (χ2v) is 2.27. The molecule has 0 radical (unpaired) electrons. The first-order valence-corrected chi connectivity index (χ1v) is 3.64. The molecular formula is C8H12O3. The minimum absolute atomic E-state index is 0.461. The van der Waals surface area contributed by atoms with Crippen molar-refractivity contribution in [3.05, 3.63) is 17.9 Å². The van der Waals surface area contributed by atoms with E-state index in [2.05, 4.69) is 0 Å². The molecule has 1 N–H and O–H groups in total. The SMILES string of the molecule is CCOc1ccc(C(C)O)o1. The topological polar surface area (TPSA) is 42.6 Å². The third-order valence-corrected chi connectivity index (χ3v) is 1.30. The maximum absolute atomic E-state index is 9.06. The Hall–Kier alpha value is -0.960. The minimum Gasteiger partial charge on any atom is -0.465 e. The van der Waals surface area contributed by atoms with Crippen molar-refractivity contribution in [3.8, 4) is 5.95 Å². The Bertz CT molecular complexity index is 215. The standard InChI is InChI=1S/C8H12O3/c1-3-10-8-5-4-7(11-8)6(2)9/h4-6,9H,3H2,1-2H3. The summed E-state index contributed by atoms with van der Waals surface area (Å²) in [6.07, 6.45) is -0.566. The van der Waals surface area contributed by atoms with E-state index in [0.29, 0.717) is 18.3 Å². The molecule has 1 rings (SSSR count). The van der Waals surface area contributed by atoms with E-state index in [1.807, 2.05) is 6.92 Å². The third kappa shape index (κ3) is 1.98. The molecule has 3 heteroatoms. The average molecular weight is 156 g/mol. The molecule has 1 aromatic rings. The van der Waals surface area contributed by atoms with E-state index < -0.39 is 6.10 Å². The van der Waals surface area contributed by atoms with Crippen LogP contribution in [0.1, 0.15) is 25.7 Å². The summed E-state index contributed by atoms with van der Waals surface area (Å²) in [6.45, 7) is 4.10. The van der Waals surface area contributed by atoms with Crippen LogP contribution in [-0.4, -0.2) is 11.7 Å². The molecule has 0 fully saturated rings. The first kappa shape index (κ1) is 8.14. The van der Waals surface area contributed by atoms with Crippen LogP contribution in [0.15, 0.2) is 16.5 Å². The molecule has 1 atom stereocenters. The van der Waals surface area contributed by atoms with Crippen LogP contribution in [0.2, 0.25) is 0 Å². The van der Waals surface area contributed by atoms with Crippen molar-refractivity contribution < 1.29 is 14.3 Å². The van der Waals surface area contributed by atoms with Crippen LogP contribution in [0, 0.1) is 0 Å². The number of hydrogen-bond acceptors (Lipinski definition) is 3. The molecule has 62 valence electrons. The van der Waals surface area contributed by atoms with Gasteiger partial charge in [0, 0.05) is 6.07 Å². The van der Waals surface area contributed by atoms with Crippen molar-refractivity contribution in [1.82, 2.24) is 0 Å². The number of hydrogen-bond donors (Lipinski definition) is 1. The van der Waals surface area contributed by atoms with E-state index in [1.165, 1.54) is 0 Å². The Kier molecular flexibility index (Phi) is 2.54. The molecule has 11 heavy (non-hydrogen) atoms. The maximum atomic E-state index is 9.06. The highest BCUT2D eigenvalue weighted by Gasteiger charge is 2.06. The van der Waals surface area contributed by atoms with Crippen LogP contribution in [-0.2, 0) is 0 Å². The molecule has 1 aromatic heterocycles. The Morgan fingerprint density at radius 3 is 2.82 bits per heavy atom. The smallest absolute Gasteiger partial charge is 0.284 e. The summed E-state index contributed by atoms with van der Waals surface area (Å²) in [5.74, 6) is 0.997. The highest BCUT2D eigenvalue weighted by atomic mass is 16.6. The zero-order chi connectivity index (χ0) is 8.27. The van der Waals surface area contributed by atoms with Crippen LogP contribution < -0.4 is 4.74 Å². The summed E-state index contributed by atoms with van der Waals surface area (Å²) in [5.41, 5.74) is 0. The minimum atomic E-state index is -0.566. The van der Waals surface area contributed by atoms with Gasteiger partial charge in [0.25, 0.3) is 5.95 Å². The van der Waals surface area contributed by atoms with Crippen molar-refractivity contribution in [3.63, 3.8) is 0 Å². The number of rotatable bonds is 3. The summed E-state index contributed by atoms with van der Waals surface area (Å²) < 4.78 is 10.2. The zero-order valence-electron chi connectivity index (χ0n) is 6.70. The Labute approximate surface area is 65.6 Å². The second-order valence-electron chi connectivity index (χ2n) is 2.27. The van der Waals surface area contributed by atoms with Gasteiger partial charge in [-0.1, -0.05) is 0 Å². The molecule has 1 heterocycles. The van der Waals surface area contributed by atoms with Crippen molar-refractivity contribution in [2.45, 2.75) is 20.0 Å². The van der Waals surface area contributed by atoms with E-state index in [0.717, 1.165) is 0 Å². The summed E-state index contributed by atoms with van der Waals surface area (Å²) in [7, 11) is 0. The lowest BCUT2D eigenvalue weighted by Gasteiger charge is -1.98. The van der Waals surface area contributed by atoms with Crippen molar-refractivity contribution in [1.29, 1.82) is 0 Å². The van der Waals surface area contributed by atoms with Gasteiger partial charge in [-0.2, -0.15) is 0 Å². The molecule has 0 saturated heterocycles. The quantitative estimate of drug-likeness (QED) is 0.724. The molecular weight excluding hydrogens is 144 g/mol. The molecule has 1 unspecified atom stereocenters. The van der Waals surface area contributed by atoms with Crippen LogP contribution in [0.5, 0.6) is 5.95 Å². The van der Waals surface area contributed by atoms with Gasteiger partial charge in [-0.15, -0.1) is 0 Å². The molecule has 0 aliphatic carbocycles. The van der Waals surface area contributed by atoms with Gasteiger partial charge in [0.05, 0.1) is 6.61 Å². The van der Waals surface area contributed by atoms with Gasteiger partial charge in [0.1, 0.15) is 11.9 Å². The van der Waals surface area contributed by atoms with Gasteiger partial charge in [0.15, 0.2) is 0 Å². The number of aliphatic hydroxyl groups excluding tert-OH is 1. The Balaban J connectivity index is 2.66. The number of aliphatic hydroxyl groups is 1. The molecule has 0 spiro atoms. The highest BCUT2D eigenvalue weighted by molar-refractivity contribution is 5.12. The van der Waals surface area contributed by atoms with Crippen molar-refractivity contribution >= 4 is 0 Å². The van der Waals surface area contributed by atoms with Crippen LogP contribution in [0.3, 0.4) is 0 Å². The molecule has 3 nitrogen and oxygen atoms in total. The normalized spacial score (nSPS) is 13.0. The summed E-state index contributed by atoms with van der Waals surface area (Å²) >= 11 is 0. The van der Waals surface area contributed by atoms with E-state index in [4.69, 9.17) is 14.3 Å². The van der Waals surface area contributed by atoms with E-state index in [9.17, 15) is 0 Å². The third-order valence-electron chi connectivity index (χ3n) is 1.30. The van der Waals surface area contributed by atoms with Gasteiger partial charge in [-0.25, -0.2) is 0 Å². The monoisotopic (exact) mass is 156 g/mol. The summed E-state index contributed by atoms with van der Waals surface area (Å²) in [4.78, 5) is 0. The van der Waals surface area contributed by atoms with Crippen LogP contribution >= 0.6 is 0 Å². The van der Waals surface area contributed by atoms with E-state index in [1.54, 1.807) is 19.1 Å². The molecule has 0 aromatic carbocycles. The Morgan fingerprint density at radius 2 is 2.36 bits per heavy atom. The number of ether oxygens (including phenoxy) is 1. The predicted molar refractivity (Wildman–Crippen MR) is 40.5 cm³/mol. The number of furan rings is 1. The first-order valence-electron chi connectivity index (χ1n) is 3.64. The lowest BCUT2D eigenvalue weighted by Crippen LogP contribution is -1.89. The maximum Gasteiger partial charge on any atom is 0.284 e. The second kappa shape index (κ2) is 3.44. The predicted octanol–water partition coefficient (Wildman–Crippen LogP) is 1.73. The van der Waals surface area contributed by atoms with Gasteiger partial charge >= 0.3 is 0 Å². The van der Waals surface area contributed by atoms with Crippen molar-refractivity contribution in [2.75, 3.05) is 6.61 Å². The lowest BCUT2D eigenvalue weighted by atomic mass is 10.3. The fraction of sp³-hybridized carbons (Fsp3) is 0.500. The molecule has 0 bridgehead atoms. The van der Waals surface area contributed by atoms with E-state index in [-0.39, 0.29) is 0 Å². The zero-order valence-corrected chi connectivity index (χ0v) is 6.70. The van der Waals surface area contributed by atoms with Gasteiger partial charge in [-0.05, 0) is 19.9 Å². The molecule has 0 saturated carbocycles. The van der Waals surface area contributed by atoms with Gasteiger partial charge in [0.2, 0.25) is 0 Å². The van der Waals surface area contributed by atoms with Gasteiger partial charge in [-0.3, -0.25) is 0 Å². The van der Waals surface area contributed by atoms with E-state index >= 15 is 0 Å². The molecule has 0 aliphatic rings. The van der Waals surface area contributed by atoms with Gasteiger partial charge < -0.3 is 14.3 Å². The van der Waals surface area contributed by atoms with Crippen LogP contribution in [0.25, 0.3) is 0 Å².